The average Bonchev–Trinajstić information content (AvgIpc) is 2.54. The molecule has 1 aliphatic rings. The van der Waals surface area contributed by atoms with Gasteiger partial charge in [-0.3, -0.25) is 0 Å². The van der Waals surface area contributed by atoms with E-state index >= 15 is 0 Å². The molecule has 21 heavy (non-hydrogen) atoms. The van der Waals surface area contributed by atoms with Gasteiger partial charge in [-0.25, -0.2) is 4.39 Å². The van der Waals surface area contributed by atoms with Gasteiger partial charge in [0.25, 0.3) is 0 Å². The van der Waals surface area contributed by atoms with E-state index in [4.69, 9.17) is 4.74 Å². The van der Waals surface area contributed by atoms with Crippen molar-refractivity contribution in [1.82, 2.24) is 0 Å². The molecule has 3 aromatic rings. The number of benzene rings is 3. The summed E-state index contributed by atoms with van der Waals surface area (Å²) in [6.07, 6.45) is 3.56. The second-order valence-corrected chi connectivity index (χ2v) is 5.12. The van der Waals surface area contributed by atoms with Crippen LogP contribution in [0.1, 0.15) is 17.2 Å². The number of halogens is 1. The van der Waals surface area contributed by atoms with E-state index in [1.807, 2.05) is 42.5 Å². The van der Waals surface area contributed by atoms with Crippen LogP contribution >= 0.6 is 0 Å². The topological polar surface area (TPSA) is 9.23 Å². The summed E-state index contributed by atoms with van der Waals surface area (Å²) < 4.78 is 19.9. The van der Waals surface area contributed by atoms with Gasteiger partial charge in [0.05, 0.1) is 0 Å². The molecule has 4 rings (SSSR count). The first-order valence-electron chi connectivity index (χ1n) is 6.94. The minimum absolute atomic E-state index is 0.239. The molecule has 0 saturated heterocycles. The van der Waals surface area contributed by atoms with Crippen LogP contribution < -0.4 is 4.74 Å². The van der Waals surface area contributed by atoms with Crippen molar-refractivity contribution in [2.24, 2.45) is 0 Å². The minimum Gasteiger partial charge on any atom is -0.481 e. The number of hydrogen-bond donors (Lipinski definition) is 0. The molecule has 1 aliphatic heterocycles. The predicted octanol–water partition coefficient (Wildman–Crippen LogP) is 5.13. The summed E-state index contributed by atoms with van der Waals surface area (Å²) in [5, 5.41) is 2.33. The molecule has 1 heterocycles. The highest BCUT2D eigenvalue weighted by Gasteiger charge is 2.20. The minimum atomic E-state index is -0.375. The Morgan fingerprint density at radius 1 is 0.857 bits per heavy atom. The van der Waals surface area contributed by atoms with Crippen LogP contribution in [0.25, 0.3) is 16.8 Å². The van der Waals surface area contributed by atoms with Crippen molar-refractivity contribution in [2.75, 3.05) is 0 Å². The highest BCUT2D eigenvalue weighted by Crippen LogP contribution is 2.37. The van der Waals surface area contributed by atoms with Crippen LogP contribution in [0.15, 0.2) is 66.7 Å². The van der Waals surface area contributed by atoms with Gasteiger partial charge in [0.15, 0.2) is 0 Å². The summed E-state index contributed by atoms with van der Waals surface area (Å²) in [5.74, 6) is 0.556. The molecular formula is C19H13FO. The fourth-order valence-electron chi connectivity index (χ4n) is 2.78. The van der Waals surface area contributed by atoms with Gasteiger partial charge < -0.3 is 4.74 Å². The van der Waals surface area contributed by atoms with Crippen molar-refractivity contribution in [3.8, 4) is 5.75 Å². The fraction of sp³-hybridized carbons (Fsp3) is 0.0526. The van der Waals surface area contributed by atoms with Gasteiger partial charge in [-0.05, 0) is 29.0 Å². The van der Waals surface area contributed by atoms with E-state index < -0.39 is 0 Å². The molecule has 0 radical (unpaired) electrons. The van der Waals surface area contributed by atoms with Crippen LogP contribution in [0, 0.1) is 5.82 Å². The summed E-state index contributed by atoms with van der Waals surface area (Å²) in [6, 6.07) is 18.9. The van der Waals surface area contributed by atoms with Crippen LogP contribution in [0.2, 0.25) is 0 Å². The molecule has 3 aromatic carbocycles. The zero-order chi connectivity index (χ0) is 14.2. The lowest BCUT2D eigenvalue weighted by Gasteiger charge is -2.23. The third kappa shape index (κ3) is 2.00. The van der Waals surface area contributed by atoms with Crippen molar-refractivity contribution in [1.29, 1.82) is 0 Å². The Kier molecular flexibility index (Phi) is 2.74. The molecule has 0 aliphatic carbocycles. The second kappa shape index (κ2) is 4.74. The number of ether oxygens (including phenoxy) is 1. The lowest BCUT2D eigenvalue weighted by Crippen LogP contribution is -2.10. The molecule has 1 unspecified atom stereocenters. The summed E-state index contributed by atoms with van der Waals surface area (Å²) in [7, 11) is 0. The molecule has 0 fully saturated rings. The summed E-state index contributed by atoms with van der Waals surface area (Å²) >= 11 is 0. The molecule has 0 saturated carbocycles. The molecule has 0 aromatic heterocycles. The van der Waals surface area contributed by atoms with E-state index in [1.54, 1.807) is 12.1 Å². The van der Waals surface area contributed by atoms with Crippen molar-refractivity contribution >= 4 is 16.8 Å². The first kappa shape index (κ1) is 12.2. The van der Waals surface area contributed by atoms with E-state index in [9.17, 15) is 4.39 Å². The fourth-order valence-corrected chi connectivity index (χ4v) is 2.78. The average molecular weight is 276 g/mol. The van der Waals surface area contributed by atoms with E-state index in [0.717, 1.165) is 16.7 Å². The van der Waals surface area contributed by atoms with Crippen LogP contribution in [0.4, 0.5) is 4.39 Å². The molecular weight excluding hydrogens is 263 g/mol. The summed E-state index contributed by atoms with van der Waals surface area (Å²) in [4.78, 5) is 0. The molecule has 0 spiro atoms. The number of rotatable bonds is 1. The summed E-state index contributed by atoms with van der Waals surface area (Å²) in [6.45, 7) is 0. The number of hydrogen-bond acceptors (Lipinski definition) is 1. The SMILES string of the molecule is Fc1ccccc1C1C=Cc2c(ccc3ccccc23)O1. The first-order chi connectivity index (χ1) is 10.3. The van der Waals surface area contributed by atoms with Crippen LogP contribution in [0.3, 0.4) is 0 Å². The third-order valence-electron chi connectivity index (χ3n) is 3.83. The van der Waals surface area contributed by atoms with Gasteiger partial charge in [0.1, 0.15) is 17.7 Å². The van der Waals surface area contributed by atoms with Crippen molar-refractivity contribution in [3.05, 3.63) is 83.7 Å². The Morgan fingerprint density at radius 3 is 2.57 bits per heavy atom. The lowest BCUT2D eigenvalue weighted by atomic mass is 9.99. The van der Waals surface area contributed by atoms with Crippen LogP contribution in [-0.4, -0.2) is 0 Å². The van der Waals surface area contributed by atoms with Gasteiger partial charge in [-0.1, -0.05) is 54.6 Å². The van der Waals surface area contributed by atoms with Crippen molar-refractivity contribution < 1.29 is 9.13 Å². The third-order valence-corrected chi connectivity index (χ3v) is 3.83. The lowest BCUT2D eigenvalue weighted by molar-refractivity contribution is 0.246. The van der Waals surface area contributed by atoms with E-state index in [1.165, 1.54) is 11.5 Å². The van der Waals surface area contributed by atoms with Gasteiger partial charge >= 0.3 is 0 Å². The first-order valence-corrected chi connectivity index (χ1v) is 6.94. The summed E-state index contributed by atoms with van der Waals surface area (Å²) in [5.41, 5.74) is 1.62. The standard InChI is InChI=1S/C19H13FO/c20-17-8-4-3-7-16(17)19-12-10-15-14-6-2-1-5-13(14)9-11-18(15)21-19/h1-12,19H. The molecule has 0 amide bonds. The Labute approximate surface area is 122 Å². The maximum absolute atomic E-state index is 13.9. The maximum atomic E-state index is 13.9. The molecule has 1 atom stereocenters. The quantitative estimate of drug-likeness (QED) is 0.599. The molecule has 1 nitrogen and oxygen atoms in total. The van der Waals surface area contributed by atoms with Gasteiger partial charge in [0, 0.05) is 11.1 Å². The second-order valence-electron chi connectivity index (χ2n) is 5.12. The van der Waals surface area contributed by atoms with E-state index in [-0.39, 0.29) is 11.9 Å². The predicted molar refractivity (Wildman–Crippen MR) is 82.8 cm³/mol. The normalized spacial score (nSPS) is 16.5. The zero-order valence-electron chi connectivity index (χ0n) is 11.3. The van der Waals surface area contributed by atoms with Gasteiger partial charge in [0.2, 0.25) is 0 Å². The molecule has 2 heteroatoms. The van der Waals surface area contributed by atoms with Crippen LogP contribution in [-0.2, 0) is 0 Å². The monoisotopic (exact) mass is 276 g/mol. The Balaban J connectivity index is 1.81. The van der Waals surface area contributed by atoms with Gasteiger partial charge in [-0.15, -0.1) is 0 Å². The zero-order valence-corrected chi connectivity index (χ0v) is 11.3. The Hall–Kier alpha value is -2.61. The Morgan fingerprint density at radius 2 is 1.67 bits per heavy atom. The van der Waals surface area contributed by atoms with Crippen molar-refractivity contribution in [3.63, 3.8) is 0 Å². The number of fused-ring (bicyclic) bond motifs is 3. The largest absolute Gasteiger partial charge is 0.481 e. The molecule has 0 bridgehead atoms. The van der Waals surface area contributed by atoms with Crippen molar-refractivity contribution in [2.45, 2.75) is 6.10 Å². The highest BCUT2D eigenvalue weighted by molar-refractivity contribution is 5.93. The van der Waals surface area contributed by atoms with E-state index in [2.05, 4.69) is 12.1 Å². The maximum Gasteiger partial charge on any atom is 0.145 e. The molecule has 102 valence electrons. The molecule has 0 N–H and O–H groups in total. The van der Waals surface area contributed by atoms with Crippen LogP contribution in [0.5, 0.6) is 5.75 Å². The van der Waals surface area contributed by atoms with E-state index in [0.29, 0.717) is 5.56 Å². The smallest absolute Gasteiger partial charge is 0.145 e. The van der Waals surface area contributed by atoms with Gasteiger partial charge in [-0.2, -0.15) is 0 Å². The highest BCUT2D eigenvalue weighted by atomic mass is 19.1. The Bertz CT molecular complexity index is 851.